The molecule has 2 aromatic heterocycles. The van der Waals surface area contributed by atoms with Crippen molar-refractivity contribution in [3.05, 3.63) is 58.0 Å². The fourth-order valence-electron chi connectivity index (χ4n) is 2.86. The van der Waals surface area contributed by atoms with Crippen LogP contribution in [0.2, 0.25) is 0 Å². The van der Waals surface area contributed by atoms with Gasteiger partial charge >= 0.3 is 0 Å². The summed E-state index contributed by atoms with van der Waals surface area (Å²) in [6, 6.07) is 5.24. The van der Waals surface area contributed by atoms with Crippen LogP contribution < -0.4 is 5.56 Å². The fourth-order valence-corrected chi connectivity index (χ4v) is 2.86. The Kier molecular flexibility index (Phi) is 4.00. The molecule has 0 spiro atoms. The molecule has 0 bridgehead atoms. The van der Waals surface area contributed by atoms with Crippen molar-refractivity contribution in [2.75, 3.05) is 13.1 Å². The molecular weight excluding hydrogens is 280 g/mol. The predicted octanol–water partition coefficient (Wildman–Crippen LogP) is 1.49. The van der Waals surface area contributed by atoms with Crippen molar-refractivity contribution in [1.82, 2.24) is 19.9 Å². The van der Waals surface area contributed by atoms with Crippen LogP contribution in [-0.4, -0.2) is 38.8 Å². The highest BCUT2D eigenvalue weighted by molar-refractivity contribution is 5.93. The summed E-state index contributed by atoms with van der Waals surface area (Å²) in [7, 11) is 0. The minimum absolute atomic E-state index is 0.199. The molecular formula is C16H18N4O2. The molecule has 1 aliphatic heterocycles. The average Bonchev–Trinajstić information content (AvgIpc) is 2.55. The Balaban J connectivity index is 1.80. The van der Waals surface area contributed by atoms with Gasteiger partial charge in [-0.15, -0.1) is 0 Å². The Morgan fingerprint density at radius 2 is 2.23 bits per heavy atom. The number of amides is 1. The molecule has 0 aromatic carbocycles. The van der Waals surface area contributed by atoms with Crippen LogP contribution in [0.4, 0.5) is 0 Å². The summed E-state index contributed by atoms with van der Waals surface area (Å²) in [6.45, 7) is 3.05. The minimum Gasteiger partial charge on any atom is -0.338 e. The lowest BCUT2D eigenvalue weighted by molar-refractivity contribution is 0.0704. The summed E-state index contributed by atoms with van der Waals surface area (Å²) >= 11 is 0. The van der Waals surface area contributed by atoms with E-state index >= 15 is 0 Å². The van der Waals surface area contributed by atoms with Crippen LogP contribution in [0.25, 0.3) is 0 Å². The number of nitrogens with one attached hydrogen (secondary N) is 1. The first kappa shape index (κ1) is 14.4. The zero-order chi connectivity index (χ0) is 15.5. The lowest BCUT2D eigenvalue weighted by Gasteiger charge is -2.32. The number of aromatic amines is 1. The third-order valence-corrected chi connectivity index (χ3v) is 4.02. The molecule has 6 heteroatoms. The first-order valence-electron chi connectivity index (χ1n) is 7.40. The van der Waals surface area contributed by atoms with Crippen molar-refractivity contribution in [2.24, 2.45) is 0 Å². The van der Waals surface area contributed by atoms with E-state index in [0.29, 0.717) is 13.1 Å². The molecule has 1 atom stereocenters. The van der Waals surface area contributed by atoms with Gasteiger partial charge in [-0.2, -0.15) is 0 Å². The zero-order valence-electron chi connectivity index (χ0n) is 12.5. The first-order chi connectivity index (χ1) is 10.6. The summed E-state index contributed by atoms with van der Waals surface area (Å²) in [5.74, 6) is -0.00904. The highest BCUT2D eigenvalue weighted by atomic mass is 16.2. The summed E-state index contributed by atoms with van der Waals surface area (Å²) in [4.78, 5) is 37.2. The van der Waals surface area contributed by atoms with E-state index in [4.69, 9.17) is 0 Å². The summed E-state index contributed by atoms with van der Waals surface area (Å²) in [5, 5.41) is 0. The van der Waals surface area contributed by atoms with E-state index in [1.807, 2.05) is 6.07 Å². The monoisotopic (exact) mass is 298 g/mol. The number of hydrogen-bond donors (Lipinski definition) is 1. The van der Waals surface area contributed by atoms with Crippen molar-refractivity contribution >= 4 is 5.91 Å². The Bertz CT molecular complexity index is 726. The third kappa shape index (κ3) is 2.90. The molecule has 22 heavy (non-hydrogen) atoms. The second kappa shape index (κ2) is 6.09. The summed E-state index contributed by atoms with van der Waals surface area (Å²) in [5.41, 5.74) is 1.58. The number of aromatic nitrogens is 3. The molecule has 1 saturated heterocycles. The quantitative estimate of drug-likeness (QED) is 0.911. The van der Waals surface area contributed by atoms with Gasteiger partial charge in [-0.1, -0.05) is 0 Å². The Morgan fingerprint density at radius 3 is 2.95 bits per heavy atom. The van der Waals surface area contributed by atoms with Crippen LogP contribution in [0.15, 0.2) is 35.5 Å². The molecule has 0 radical (unpaired) electrons. The second-order valence-corrected chi connectivity index (χ2v) is 5.61. The van der Waals surface area contributed by atoms with Crippen LogP contribution in [0, 0.1) is 6.92 Å². The number of carbonyl (C=O) groups excluding carboxylic acids is 1. The van der Waals surface area contributed by atoms with E-state index in [1.54, 1.807) is 30.2 Å². The minimum atomic E-state index is -0.325. The van der Waals surface area contributed by atoms with Crippen LogP contribution >= 0.6 is 0 Å². The highest BCUT2D eigenvalue weighted by Crippen LogP contribution is 2.25. The molecule has 1 fully saturated rings. The summed E-state index contributed by atoms with van der Waals surface area (Å²) in [6.07, 6.45) is 5.14. The van der Waals surface area contributed by atoms with Gasteiger partial charge in [0.25, 0.3) is 11.5 Å². The van der Waals surface area contributed by atoms with Gasteiger partial charge in [-0.25, -0.2) is 9.97 Å². The van der Waals surface area contributed by atoms with Crippen molar-refractivity contribution in [2.45, 2.75) is 25.7 Å². The largest absolute Gasteiger partial charge is 0.338 e. The van der Waals surface area contributed by atoms with Gasteiger partial charge in [0.05, 0.1) is 0 Å². The number of aryl methyl sites for hydroxylation is 1. The first-order valence-corrected chi connectivity index (χ1v) is 7.40. The number of pyridine rings is 1. The van der Waals surface area contributed by atoms with E-state index in [0.717, 1.165) is 24.2 Å². The molecule has 6 nitrogen and oxygen atoms in total. The topological polar surface area (TPSA) is 79.0 Å². The van der Waals surface area contributed by atoms with Crippen LogP contribution in [0.5, 0.6) is 0 Å². The maximum Gasteiger partial charge on any atom is 0.260 e. The van der Waals surface area contributed by atoms with Gasteiger partial charge in [0.15, 0.2) is 0 Å². The number of carbonyl (C=O) groups is 1. The van der Waals surface area contributed by atoms with Crippen molar-refractivity contribution in [1.29, 1.82) is 0 Å². The van der Waals surface area contributed by atoms with Crippen molar-refractivity contribution < 1.29 is 4.79 Å². The van der Waals surface area contributed by atoms with Crippen LogP contribution in [-0.2, 0) is 0 Å². The normalized spacial score (nSPS) is 18.2. The third-order valence-electron chi connectivity index (χ3n) is 4.02. The van der Waals surface area contributed by atoms with Crippen molar-refractivity contribution in [3.8, 4) is 0 Å². The van der Waals surface area contributed by atoms with Crippen LogP contribution in [0.3, 0.4) is 0 Å². The Hall–Kier alpha value is -2.50. The maximum absolute atomic E-state index is 12.6. The number of likely N-dealkylation sites (tertiary alicyclic amines) is 1. The number of piperidine rings is 1. The van der Waals surface area contributed by atoms with E-state index in [1.165, 1.54) is 6.33 Å². The van der Waals surface area contributed by atoms with Gasteiger partial charge in [-0.3, -0.25) is 9.59 Å². The molecule has 114 valence electrons. The predicted molar refractivity (Wildman–Crippen MR) is 81.7 cm³/mol. The second-order valence-electron chi connectivity index (χ2n) is 5.61. The zero-order valence-corrected chi connectivity index (χ0v) is 12.5. The van der Waals surface area contributed by atoms with Crippen LogP contribution in [0.1, 0.15) is 40.5 Å². The lowest BCUT2D eigenvalue weighted by atomic mass is 9.94. The van der Waals surface area contributed by atoms with E-state index in [9.17, 15) is 9.59 Å². The molecule has 1 N–H and O–H groups in total. The SMILES string of the molecule is Cc1ccc(C(=O)N2CCCC(c3ccncn3)C2)c(=O)[nH]1. The maximum atomic E-state index is 12.6. The fraction of sp³-hybridized carbons (Fsp3) is 0.375. The van der Waals surface area contributed by atoms with E-state index in [-0.39, 0.29) is 22.9 Å². The summed E-state index contributed by atoms with van der Waals surface area (Å²) < 4.78 is 0. The van der Waals surface area contributed by atoms with E-state index < -0.39 is 0 Å². The molecule has 1 amide bonds. The molecule has 0 aliphatic carbocycles. The number of nitrogens with zero attached hydrogens (tertiary/aromatic N) is 3. The molecule has 3 heterocycles. The average molecular weight is 298 g/mol. The van der Waals surface area contributed by atoms with Gasteiger partial charge in [0.2, 0.25) is 0 Å². The molecule has 1 aliphatic rings. The number of hydrogen-bond acceptors (Lipinski definition) is 4. The molecule has 0 saturated carbocycles. The Labute approximate surface area is 128 Å². The van der Waals surface area contributed by atoms with E-state index in [2.05, 4.69) is 15.0 Å². The molecule has 3 rings (SSSR count). The van der Waals surface area contributed by atoms with Gasteiger partial charge in [0.1, 0.15) is 11.9 Å². The van der Waals surface area contributed by atoms with Gasteiger partial charge in [-0.05, 0) is 38.0 Å². The number of rotatable bonds is 2. The molecule has 2 aromatic rings. The highest BCUT2D eigenvalue weighted by Gasteiger charge is 2.27. The van der Waals surface area contributed by atoms with Gasteiger partial charge < -0.3 is 9.88 Å². The standard InChI is InChI=1S/C16H18N4O2/c1-11-4-5-13(15(21)19-11)16(22)20-8-2-3-12(9-20)14-6-7-17-10-18-14/h4-7,10,12H,2-3,8-9H2,1H3,(H,19,21). The van der Waals surface area contributed by atoms with Crippen molar-refractivity contribution in [3.63, 3.8) is 0 Å². The number of H-pyrrole nitrogens is 1. The Morgan fingerprint density at radius 1 is 1.36 bits per heavy atom. The lowest BCUT2D eigenvalue weighted by Crippen LogP contribution is -2.41. The van der Waals surface area contributed by atoms with Gasteiger partial charge in [0, 0.05) is 36.6 Å². The molecule has 1 unspecified atom stereocenters. The smallest absolute Gasteiger partial charge is 0.260 e.